The largest absolute Gasteiger partial charge is 0.478 e. The molecular weight excluding hydrogens is 250 g/mol. The lowest BCUT2D eigenvalue weighted by atomic mass is 10.3. The molecule has 1 N–H and O–H groups in total. The number of nitrogens with zero attached hydrogens (tertiary/aromatic N) is 1. The van der Waals surface area contributed by atoms with Crippen molar-refractivity contribution < 1.29 is 14.6 Å². The summed E-state index contributed by atoms with van der Waals surface area (Å²) in [5, 5.41) is 10.5. The minimum absolute atomic E-state index is 0.358. The smallest absolute Gasteiger partial charge is 0.328 e. The van der Waals surface area contributed by atoms with Gasteiger partial charge < -0.3 is 9.84 Å². The van der Waals surface area contributed by atoms with E-state index in [1.807, 2.05) is 11.4 Å². The first kappa shape index (κ1) is 13.3. The number of likely N-dealkylation sites (tertiary alicyclic amines) is 1. The van der Waals surface area contributed by atoms with Crippen molar-refractivity contribution in [2.45, 2.75) is 19.1 Å². The van der Waals surface area contributed by atoms with Crippen molar-refractivity contribution >= 4 is 23.4 Å². The van der Waals surface area contributed by atoms with Gasteiger partial charge >= 0.3 is 5.97 Å². The number of hydrogen-bond acceptors (Lipinski definition) is 4. The predicted molar refractivity (Wildman–Crippen MR) is 71.7 cm³/mol. The van der Waals surface area contributed by atoms with Crippen LogP contribution in [0, 0.1) is 0 Å². The number of rotatable bonds is 5. The molecular formula is C13H17NO3S. The number of aliphatic carboxylic acids is 1. The van der Waals surface area contributed by atoms with Gasteiger partial charge in [-0.2, -0.15) is 0 Å². The zero-order valence-corrected chi connectivity index (χ0v) is 11.2. The first-order chi connectivity index (χ1) is 8.67. The van der Waals surface area contributed by atoms with Crippen LogP contribution in [0.25, 0.3) is 6.08 Å². The summed E-state index contributed by atoms with van der Waals surface area (Å²) in [4.78, 5) is 14.0. The summed E-state index contributed by atoms with van der Waals surface area (Å²) >= 11 is 1.67. The summed E-state index contributed by atoms with van der Waals surface area (Å²) in [6.45, 7) is 2.97. The molecule has 1 atom stereocenters. The van der Waals surface area contributed by atoms with Gasteiger partial charge in [-0.05, 0) is 29.5 Å². The number of methoxy groups -OCH3 is 1. The second-order valence-corrected chi connectivity index (χ2v) is 5.40. The van der Waals surface area contributed by atoms with E-state index >= 15 is 0 Å². The molecule has 1 aliphatic rings. The van der Waals surface area contributed by atoms with Crippen molar-refractivity contribution in [3.05, 3.63) is 28.0 Å². The van der Waals surface area contributed by atoms with Crippen molar-refractivity contribution in [2.75, 3.05) is 20.2 Å². The lowest BCUT2D eigenvalue weighted by Crippen LogP contribution is -2.21. The zero-order chi connectivity index (χ0) is 13.0. The van der Waals surface area contributed by atoms with Gasteiger partial charge in [0.1, 0.15) is 0 Å². The van der Waals surface area contributed by atoms with Crippen LogP contribution in [-0.2, 0) is 16.1 Å². The first-order valence-corrected chi connectivity index (χ1v) is 6.79. The van der Waals surface area contributed by atoms with Gasteiger partial charge in [-0.1, -0.05) is 0 Å². The van der Waals surface area contributed by atoms with Gasteiger partial charge in [0.25, 0.3) is 0 Å². The van der Waals surface area contributed by atoms with E-state index < -0.39 is 5.97 Å². The van der Waals surface area contributed by atoms with Crippen LogP contribution < -0.4 is 0 Å². The third kappa shape index (κ3) is 3.66. The van der Waals surface area contributed by atoms with Gasteiger partial charge in [0.05, 0.1) is 6.10 Å². The highest BCUT2D eigenvalue weighted by molar-refractivity contribution is 7.10. The van der Waals surface area contributed by atoms with E-state index in [0.717, 1.165) is 31.6 Å². The Morgan fingerprint density at radius 3 is 3.22 bits per heavy atom. The Labute approximate surface area is 110 Å². The Morgan fingerprint density at radius 2 is 2.56 bits per heavy atom. The Morgan fingerprint density at radius 1 is 1.72 bits per heavy atom. The van der Waals surface area contributed by atoms with Gasteiger partial charge in [-0.25, -0.2) is 4.79 Å². The minimum Gasteiger partial charge on any atom is -0.478 e. The summed E-state index contributed by atoms with van der Waals surface area (Å²) in [6.07, 6.45) is 4.25. The van der Waals surface area contributed by atoms with Crippen molar-refractivity contribution in [1.29, 1.82) is 0 Å². The van der Waals surface area contributed by atoms with Crippen LogP contribution in [0.5, 0.6) is 0 Å². The maximum Gasteiger partial charge on any atom is 0.328 e. The summed E-state index contributed by atoms with van der Waals surface area (Å²) in [6, 6.07) is 2.05. The quantitative estimate of drug-likeness (QED) is 0.830. The molecule has 0 spiro atoms. The van der Waals surface area contributed by atoms with Crippen LogP contribution >= 0.6 is 11.3 Å². The molecule has 2 heterocycles. The number of hydrogen-bond donors (Lipinski definition) is 1. The molecule has 2 rings (SSSR count). The molecule has 1 aliphatic heterocycles. The van der Waals surface area contributed by atoms with Crippen molar-refractivity contribution in [2.24, 2.45) is 0 Å². The summed E-state index contributed by atoms with van der Waals surface area (Å²) in [5.74, 6) is -0.912. The fourth-order valence-electron chi connectivity index (χ4n) is 2.09. The highest BCUT2D eigenvalue weighted by Crippen LogP contribution is 2.21. The van der Waals surface area contributed by atoms with Gasteiger partial charge in [-0.15, -0.1) is 11.3 Å². The van der Waals surface area contributed by atoms with E-state index in [4.69, 9.17) is 9.84 Å². The lowest BCUT2D eigenvalue weighted by Gasteiger charge is -2.13. The second-order valence-electron chi connectivity index (χ2n) is 4.40. The van der Waals surface area contributed by atoms with E-state index in [9.17, 15) is 4.79 Å². The van der Waals surface area contributed by atoms with Crippen LogP contribution in [0.2, 0.25) is 0 Å². The number of carbonyl (C=O) groups is 1. The first-order valence-electron chi connectivity index (χ1n) is 5.91. The van der Waals surface area contributed by atoms with E-state index in [1.54, 1.807) is 24.5 Å². The SMILES string of the molecule is COC1CCN(Cc2cc(/C=C/C(=O)O)cs2)C1. The molecule has 1 aromatic heterocycles. The molecule has 0 bridgehead atoms. The fraction of sp³-hybridized carbons (Fsp3) is 0.462. The maximum absolute atomic E-state index is 10.4. The summed E-state index contributed by atoms with van der Waals surface area (Å²) in [7, 11) is 1.76. The van der Waals surface area contributed by atoms with Crippen molar-refractivity contribution in [1.82, 2.24) is 4.90 Å². The molecule has 18 heavy (non-hydrogen) atoms. The molecule has 98 valence electrons. The Hall–Kier alpha value is -1.17. The monoisotopic (exact) mass is 267 g/mol. The summed E-state index contributed by atoms with van der Waals surface area (Å²) < 4.78 is 5.33. The van der Waals surface area contributed by atoms with Crippen LogP contribution in [0.1, 0.15) is 16.9 Å². The van der Waals surface area contributed by atoms with Crippen LogP contribution in [0.15, 0.2) is 17.5 Å². The molecule has 0 aliphatic carbocycles. The summed E-state index contributed by atoms with van der Waals surface area (Å²) in [5.41, 5.74) is 0.958. The predicted octanol–water partition coefficient (Wildman–Crippen LogP) is 2.07. The topological polar surface area (TPSA) is 49.8 Å². The van der Waals surface area contributed by atoms with Crippen LogP contribution in [-0.4, -0.2) is 42.3 Å². The normalized spacial score (nSPS) is 20.8. The Kier molecular flexibility index (Phi) is 4.52. The van der Waals surface area contributed by atoms with Gasteiger partial charge in [0.2, 0.25) is 0 Å². The van der Waals surface area contributed by atoms with E-state index in [1.165, 1.54) is 11.0 Å². The van der Waals surface area contributed by atoms with E-state index in [-0.39, 0.29) is 0 Å². The Bertz CT molecular complexity index is 441. The van der Waals surface area contributed by atoms with E-state index in [0.29, 0.717) is 6.10 Å². The third-order valence-corrected chi connectivity index (χ3v) is 3.97. The molecule has 0 aromatic carbocycles. The molecule has 0 amide bonds. The highest BCUT2D eigenvalue weighted by Gasteiger charge is 2.22. The number of carboxylic acids is 1. The van der Waals surface area contributed by atoms with Gasteiger partial charge in [0.15, 0.2) is 0 Å². The van der Waals surface area contributed by atoms with E-state index in [2.05, 4.69) is 4.90 Å². The average molecular weight is 267 g/mol. The molecule has 1 fully saturated rings. The zero-order valence-electron chi connectivity index (χ0n) is 10.3. The fourth-order valence-corrected chi connectivity index (χ4v) is 2.98. The number of ether oxygens (including phenoxy) is 1. The molecule has 4 nitrogen and oxygen atoms in total. The van der Waals surface area contributed by atoms with Crippen molar-refractivity contribution in [3.63, 3.8) is 0 Å². The highest BCUT2D eigenvalue weighted by atomic mass is 32.1. The molecule has 0 saturated carbocycles. The van der Waals surface area contributed by atoms with Gasteiger partial charge in [0, 0.05) is 37.7 Å². The molecule has 1 saturated heterocycles. The molecule has 1 aromatic rings. The number of thiophene rings is 1. The molecule has 5 heteroatoms. The maximum atomic E-state index is 10.4. The lowest BCUT2D eigenvalue weighted by molar-refractivity contribution is -0.131. The molecule has 0 radical (unpaired) electrons. The average Bonchev–Trinajstić information content (AvgIpc) is 2.96. The third-order valence-electron chi connectivity index (χ3n) is 3.03. The minimum atomic E-state index is -0.912. The number of carboxylic acid groups (broad SMARTS) is 1. The second kappa shape index (κ2) is 6.13. The van der Waals surface area contributed by atoms with Crippen molar-refractivity contribution in [3.8, 4) is 0 Å². The Balaban J connectivity index is 1.89. The van der Waals surface area contributed by atoms with Crippen LogP contribution in [0.3, 0.4) is 0 Å². The standard InChI is InChI=1S/C13H17NO3S/c1-17-11-4-5-14(7-11)8-12-6-10(9-18-12)2-3-13(15)16/h2-3,6,9,11H,4-5,7-8H2,1H3,(H,15,16)/b3-2+. The van der Waals surface area contributed by atoms with Gasteiger partial charge in [-0.3, -0.25) is 4.90 Å². The van der Waals surface area contributed by atoms with Crippen LogP contribution in [0.4, 0.5) is 0 Å². The molecule has 1 unspecified atom stereocenters.